The summed E-state index contributed by atoms with van der Waals surface area (Å²) in [6.45, 7) is 0. The van der Waals surface area contributed by atoms with Crippen LogP contribution in [-0.2, 0) is 9.63 Å². The van der Waals surface area contributed by atoms with E-state index in [1.54, 1.807) is 23.8 Å². The zero-order valence-electron chi connectivity index (χ0n) is 15.7. The largest absolute Gasteiger partial charge is 0.349 e. The average molecular weight is 394 g/mol. The molecular formula is C21H22N4O4. The zero-order chi connectivity index (χ0) is 20.2. The maximum atomic E-state index is 12.6. The third kappa shape index (κ3) is 4.13. The number of nitrogens with one attached hydrogen (secondary N) is 3. The van der Waals surface area contributed by atoms with Crippen molar-refractivity contribution < 1.29 is 19.6 Å². The van der Waals surface area contributed by atoms with Gasteiger partial charge in [-0.2, -0.15) is 0 Å². The summed E-state index contributed by atoms with van der Waals surface area (Å²) in [6, 6.07) is 12.5. The lowest BCUT2D eigenvalue weighted by molar-refractivity contribution is -0.133. The van der Waals surface area contributed by atoms with Crippen molar-refractivity contribution in [2.45, 2.75) is 31.4 Å². The van der Waals surface area contributed by atoms with Gasteiger partial charge in [0.2, 0.25) is 5.91 Å². The van der Waals surface area contributed by atoms with Crippen LogP contribution < -0.4 is 16.3 Å². The first-order valence-electron chi connectivity index (χ1n) is 9.55. The molecule has 29 heavy (non-hydrogen) atoms. The lowest BCUT2D eigenvalue weighted by Gasteiger charge is -2.19. The number of hydroxylamine groups is 2. The van der Waals surface area contributed by atoms with Crippen molar-refractivity contribution in [3.8, 4) is 0 Å². The summed E-state index contributed by atoms with van der Waals surface area (Å²) < 4.78 is 0. The average Bonchev–Trinajstić information content (AvgIpc) is 3.44. The standard InChI is InChI=1S/C21H22N4O4/c26-20(23-16-6-3-4-15(16)21(27)24-28)14-9-7-13(8-10-14)18-12-19(29-25-18)17-5-1-2-11-22-17/h1-2,5,7-12,15-16,19,25,28H,3-4,6H2,(H,23,26)(H,24,27). The summed E-state index contributed by atoms with van der Waals surface area (Å²) in [7, 11) is 0. The second-order valence-electron chi connectivity index (χ2n) is 7.15. The topological polar surface area (TPSA) is 113 Å². The van der Waals surface area contributed by atoms with E-state index in [1.807, 2.05) is 36.4 Å². The first kappa shape index (κ1) is 19.1. The molecule has 0 spiro atoms. The normalized spacial score (nSPS) is 23.2. The molecule has 1 aliphatic carbocycles. The molecule has 1 aromatic heterocycles. The van der Waals surface area contributed by atoms with Gasteiger partial charge in [0.25, 0.3) is 5.91 Å². The minimum atomic E-state index is -0.454. The Hall–Kier alpha value is -3.23. The fourth-order valence-electron chi connectivity index (χ4n) is 3.77. The molecule has 1 fully saturated rings. The van der Waals surface area contributed by atoms with E-state index in [2.05, 4.69) is 15.8 Å². The fraction of sp³-hybridized carbons (Fsp3) is 0.286. The van der Waals surface area contributed by atoms with Crippen LogP contribution in [0.1, 0.15) is 47.0 Å². The number of benzene rings is 1. The Morgan fingerprint density at radius 3 is 2.69 bits per heavy atom. The molecule has 8 nitrogen and oxygen atoms in total. The highest BCUT2D eigenvalue weighted by molar-refractivity contribution is 5.95. The van der Waals surface area contributed by atoms with Gasteiger partial charge in [0.1, 0.15) is 6.10 Å². The number of pyridine rings is 1. The van der Waals surface area contributed by atoms with E-state index >= 15 is 0 Å². The molecule has 150 valence electrons. The maximum Gasteiger partial charge on any atom is 0.251 e. The van der Waals surface area contributed by atoms with E-state index in [-0.39, 0.29) is 18.1 Å². The molecule has 0 radical (unpaired) electrons. The number of aromatic nitrogens is 1. The Kier molecular flexibility index (Phi) is 5.55. The van der Waals surface area contributed by atoms with Crippen LogP contribution in [0.15, 0.2) is 54.7 Å². The number of hydrogen-bond donors (Lipinski definition) is 4. The van der Waals surface area contributed by atoms with E-state index in [0.29, 0.717) is 18.4 Å². The molecule has 1 aliphatic heterocycles. The van der Waals surface area contributed by atoms with E-state index < -0.39 is 11.8 Å². The number of rotatable bonds is 5. The van der Waals surface area contributed by atoms with Crippen LogP contribution >= 0.6 is 0 Å². The van der Waals surface area contributed by atoms with Gasteiger partial charge in [-0.3, -0.25) is 30.1 Å². The molecule has 2 heterocycles. The number of nitrogens with zero attached hydrogens (tertiary/aromatic N) is 1. The van der Waals surface area contributed by atoms with Crippen molar-refractivity contribution in [2.24, 2.45) is 5.92 Å². The van der Waals surface area contributed by atoms with Crippen LogP contribution in [0.3, 0.4) is 0 Å². The van der Waals surface area contributed by atoms with Crippen molar-refractivity contribution >= 4 is 17.5 Å². The molecule has 1 saturated carbocycles. The molecule has 3 unspecified atom stereocenters. The van der Waals surface area contributed by atoms with Crippen LogP contribution in [0.25, 0.3) is 5.70 Å². The van der Waals surface area contributed by atoms with Crippen LogP contribution in [0.5, 0.6) is 0 Å². The summed E-state index contributed by atoms with van der Waals surface area (Å²) in [4.78, 5) is 34.1. The first-order valence-corrected chi connectivity index (χ1v) is 9.55. The Labute approximate surface area is 167 Å². The molecule has 2 aromatic rings. The SMILES string of the molecule is O=C(NC1CCCC1C(=O)NO)c1ccc(C2=CC(c3ccccn3)ON2)cc1. The van der Waals surface area contributed by atoms with E-state index in [9.17, 15) is 9.59 Å². The van der Waals surface area contributed by atoms with E-state index in [0.717, 1.165) is 23.4 Å². The predicted molar refractivity (Wildman–Crippen MR) is 104 cm³/mol. The highest BCUT2D eigenvalue weighted by atomic mass is 16.7. The molecule has 3 atom stereocenters. The maximum absolute atomic E-state index is 12.6. The van der Waals surface area contributed by atoms with Gasteiger partial charge in [-0.25, -0.2) is 5.48 Å². The minimum absolute atomic E-state index is 0.241. The monoisotopic (exact) mass is 394 g/mol. The van der Waals surface area contributed by atoms with Gasteiger partial charge in [0, 0.05) is 17.8 Å². The summed E-state index contributed by atoms with van der Waals surface area (Å²) in [5.41, 5.74) is 7.60. The van der Waals surface area contributed by atoms with E-state index in [4.69, 9.17) is 10.0 Å². The number of amides is 2. The molecule has 2 aliphatic rings. The lowest BCUT2D eigenvalue weighted by atomic mass is 10.0. The van der Waals surface area contributed by atoms with Gasteiger partial charge in [-0.05, 0) is 48.7 Å². The quantitative estimate of drug-likeness (QED) is 0.456. The van der Waals surface area contributed by atoms with Gasteiger partial charge in [0.05, 0.1) is 17.3 Å². The van der Waals surface area contributed by atoms with E-state index in [1.165, 1.54) is 0 Å². The summed E-state index contributed by atoms with van der Waals surface area (Å²) in [5.74, 6) is -1.10. The van der Waals surface area contributed by atoms with Gasteiger partial charge in [0.15, 0.2) is 0 Å². The third-order valence-electron chi connectivity index (χ3n) is 5.33. The smallest absolute Gasteiger partial charge is 0.251 e. The second-order valence-corrected chi connectivity index (χ2v) is 7.15. The Morgan fingerprint density at radius 1 is 1.14 bits per heavy atom. The number of carbonyl (C=O) groups is 2. The van der Waals surface area contributed by atoms with Crippen LogP contribution in [0.4, 0.5) is 0 Å². The van der Waals surface area contributed by atoms with Crippen molar-refractivity contribution in [3.05, 3.63) is 71.6 Å². The van der Waals surface area contributed by atoms with Gasteiger partial charge < -0.3 is 5.32 Å². The molecular weight excluding hydrogens is 372 g/mol. The highest BCUT2D eigenvalue weighted by Crippen LogP contribution is 2.28. The van der Waals surface area contributed by atoms with Crippen molar-refractivity contribution in [1.29, 1.82) is 0 Å². The lowest BCUT2D eigenvalue weighted by Crippen LogP contribution is -2.43. The molecule has 4 rings (SSSR count). The van der Waals surface area contributed by atoms with Gasteiger partial charge >= 0.3 is 0 Å². The first-order chi connectivity index (χ1) is 14.2. The molecule has 1 aromatic carbocycles. The minimum Gasteiger partial charge on any atom is -0.349 e. The Bertz CT molecular complexity index is 914. The molecule has 0 saturated heterocycles. The second kappa shape index (κ2) is 8.42. The number of hydrogen-bond acceptors (Lipinski definition) is 6. The summed E-state index contributed by atoms with van der Waals surface area (Å²) in [5, 5.41) is 11.8. The molecule has 2 amide bonds. The summed E-state index contributed by atoms with van der Waals surface area (Å²) >= 11 is 0. The fourth-order valence-corrected chi connectivity index (χ4v) is 3.77. The molecule has 0 bridgehead atoms. The van der Waals surface area contributed by atoms with Crippen LogP contribution in [0.2, 0.25) is 0 Å². The predicted octanol–water partition coefficient (Wildman–Crippen LogP) is 2.10. The van der Waals surface area contributed by atoms with Crippen molar-refractivity contribution in [1.82, 2.24) is 21.3 Å². The third-order valence-corrected chi connectivity index (χ3v) is 5.33. The van der Waals surface area contributed by atoms with Crippen LogP contribution in [-0.4, -0.2) is 28.0 Å². The Morgan fingerprint density at radius 2 is 1.97 bits per heavy atom. The van der Waals surface area contributed by atoms with Crippen molar-refractivity contribution in [2.75, 3.05) is 0 Å². The molecule has 4 N–H and O–H groups in total. The zero-order valence-corrected chi connectivity index (χ0v) is 15.7. The van der Waals surface area contributed by atoms with Crippen molar-refractivity contribution in [3.63, 3.8) is 0 Å². The Balaban J connectivity index is 1.42. The van der Waals surface area contributed by atoms with Crippen LogP contribution in [0, 0.1) is 5.92 Å². The summed E-state index contributed by atoms with van der Waals surface area (Å²) in [6.07, 6.45) is 5.58. The van der Waals surface area contributed by atoms with Gasteiger partial charge in [-0.1, -0.05) is 24.6 Å². The van der Waals surface area contributed by atoms with Gasteiger partial charge in [-0.15, -0.1) is 0 Å². The number of carbonyl (C=O) groups excluding carboxylic acids is 2. The highest BCUT2D eigenvalue weighted by Gasteiger charge is 2.34. The molecule has 8 heteroatoms.